The summed E-state index contributed by atoms with van der Waals surface area (Å²) in [5, 5.41) is 2.88. The minimum absolute atomic E-state index is 0.00739. The Balaban J connectivity index is 1.66. The Morgan fingerprint density at radius 2 is 2.12 bits per heavy atom. The number of hydrogen-bond donors (Lipinski definition) is 1. The van der Waals surface area contributed by atoms with Crippen LogP contribution in [-0.2, 0) is 9.59 Å². The maximum atomic E-state index is 12.3. The van der Waals surface area contributed by atoms with Crippen molar-refractivity contribution in [2.75, 3.05) is 29.6 Å². The Hall–Kier alpha value is -2.47. The lowest BCUT2D eigenvalue weighted by Gasteiger charge is -2.29. The van der Waals surface area contributed by atoms with Gasteiger partial charge in [0.1, 0.15) is 5.75 Å². The highest BCUT2D eigenvalue weighted by atomic mass is 32.2. The highest BCUT2D eigenvalue weighted by molar-refractivity contribution is 7.98. The van der Waals surface area contributed by atoms with Crippen LogP contribution in [0.25, 0.3) is 0 Å². The lowest BCUT2D eigenvalue weighted by Crippen LogP contribution is -2.40. The third kappa shape index (κ3) is 4.14. The monoisotopic (exact) mass is 356 g/mol. The molecule has 2 aromatic rings. The van der Waals surface area contributed by atoms with Crippen molar-refractivity contribution in [1.29, 1.82) is 0 Å². The molecule has 0 fully saturated rings. The molecule has 5 nitrogen and oxygen atoms in total. The van der Waals surface area contributed by atoms with Crippen molar-refractivity contribution < 1.29 is 14.3 Å². The SMILES string of the molecule is CSc1cccc(NC(=O)CCN2C(=O)COc3ccc(C)cc32)c1. The Kier molecular flexibility index (Phi) is 5.28. The van der Waals surface area contributed by atoms with Gasteiger partial charge in [-0.05, 0) is 49.1 Å². The minimum atomic E-state index is -0.129. The Morgan fingerprint density at radius 3 is 2.92 bits per heavy atom. The zero-order chi connectivity index (χ0) is 17.8. The highest BCUT2D eigenvalue weighted by Gasteiger charge is 2.25. The van der Waals surface area contributed by atoms with Crippen molar-refractivity contribution in [3.63, 3.8) is 0 Å². The van der Waals surface area contributed by atoms with E-state index < -0.39 is 0 Å². The van der Waals surface area contributed by atoms with Gasteiger partial charge in [-0.1, -0.05) is 12.1 Å². The molecule has 0 saturated carbocycles. The fraction of sp³-hybridized carbons (Fsp3) is 0.263. The molecule has 1 N–H and O–H groups in total. The van der Waals surface area contributed by atoms with Crippen LogP contribution in [0, 0.1) is 6.92 Å². The van der Waals surface area contributed by atoms with Gasteiger partial charge in [-0.3, -0.25) is 9.59 Å². The number of anilines is 2. The van der Waals surface area contributed by atoms with Gasteiger partial charge in [-0.15, -0.1) is 11.8 Å². The van der Waals surface area contributed by atoms with Crippen LogP contribution in [0.4, 0.5) is 11.4 Å². The maximum Gasteiger partial charge on any atom is 0.265 e. The molecule has 0 radical (unpaired) electrons. The number of aryl methyl sites for hydroxylation is 1. The summed E-state index contributed by atoms with van der Waals surface area (Å²) in [4.78, 5) is 27.2. The van der Waals surface area contributed by atoms with Crippen molar-refractivity contribution >= 4 is 35.0 Å². The molecular weight excluding hydrogens is 336 g/mol. The number of nitrogens with one attached hydrogen (secondary N) is 1. The lowest BCUT2D eigenvalue weighted by molar-refractivity contribution is -0.121. The summed E-state index contributed by atoms with van der Waals surface area (Å²) in [5.41, 5.74) is 2.54. The third-order valence-corrected chi connectivity index (χ3v) is 4.70. The van der Waals surface area contributed by atoms with E-state index in [1.807, 2.05) is 55.6 Å². The van der Waals surface area contributed by atoms with Crippen molar-refractivity contribution in [3.05, 3.63) is 48.0 Å². The van der Waals surface area contributed by atoms with Gasteiger partial charge in [0.25, 0.3) is 5.91 Å². The van der Waals surface area contributed by atoms with E-state index in [-0.39, 0.29) is 24.8 Å². The number of carbonyl (C=O) groups excluding carboxylic acids is 2. The fourth-order valence-electron chi connectivity index (χ4n) is 2.69. The van der Waals surface area contributed by atoms with Gasteiger partial charge in [-0.2, -0.15) is 0 Å². The largest absolute Gasteiger partial charge is 0.482 e. The van der Waals surface area contributed by atoms with Crippen LogP contribution in [0.2, 0.25) is 0 Å². The van der Waals surface area contributed by atoms with Gasteiger partial charge in [0.05, 0.1) is 5.69 Å². The van der Waals surface area contributed by atoms with E-state index in [2.05, 4.69) is 5.32 Å². The van der Waals surface area contributed by atoms with Gasteiger partial charge < -0.3 is 15.0 Å². The van der Waals surface area contributed by atoms with Gasteiger partial charge in [0.15, 0.2) is 6.61 Å². The quantitative estimate of drug-likeness (QED) is 0.834. The lowest BCUT2D eigenvalue weighted by atomic mass is 10.1. The smallest absolute Gasteiger partial charge is 0.265 e. The Bertz CT molecular complexity index is 807. The number of rotatable bonds is 5. The maximum absolute atomic E-state index is 12.3. The predicted octanol–water partition coefficient (Wildman–Crippen LogP) is 3.47. The van der Waals surface area contributed by atoms with Crippen LogP contribution in [0.3, 0.4) is 0 Å². The second-order valence-corrected chi connectivity index (χ2v) is 6.72. The minimum Gasteiger partial charge on any atom is -0.482 e. The van der Waals surface area contributed by atoms with E-state index in [0.29, 0.717) is 12.3 Å². The molecule has 0 spiro atoms. The van der Waals surface area contributed by atoms with E-state index >= 15 is 0 Å². The van der Waals surface area contributed by atoms with E-state index in [4.69, 9.17) is 4.74 Å². The molecule has 2 aromatic carbocycles. The van der Waals surface area contributed by atoms with Crippen molar-refractivity contribution in [3.8, 4) is 5.75 Å². The first-order valence-electron chi connectivity index (χ1n) is 8.04. The van der Waals surface area contributed by atoms with E-state index in [1.165, 1.54) is 0 Å². The molecule has 25 heavy (non-hydrogen) atoms. The standard InChI is InChI=1S/C19H20N2O3S/c1-13-6-7-17-16(10-13)21(19(23)12-24-17)9-8-18(22)20-14-4-3-5-15(11-14)25-2/h3-7,10-11H,8-9,12H2,1-2H3,(H,20,22). The second-order valence-electron chi connectivity index (χ2n) is 5.84. The molecule has 0 aliphatic carbocycles. The molecular formula is C19H20N2O3S. The molecule has 0 atom stereocenters. The molecule has 2 amide bonds. The first-order valence-corrected chi connectivity index (χ1v) is 9.27. The zero-order valence-electron chi connectivity index (χ0n) is 14.2. The van der Waals surface area contributed by atoms with Crippen molar-refractivity contribution in [2.24, 2.45) is 0 Å². The molecule has 1 heterocycles. The summed E-state index contributed by atoms with van der Waals surface area (Å²) in [6, 6.07) is 13.4. The fourth-order valence-corrected chi connectivity index (χ4v) is 3.15. The Labute approximate surface area is 151 Å². The number of amides is 2. The molecule has 0 bridgehead atoms. The Morgan fingerprint density at radius 1 is 1.28 bits per heavy atom. The normalized spacial score (nSPS) is 13.2. The van der Waals surface area contributed by atoms with Crippen LogP contribution < -0.4 is 15.0 Å². The van der Waals surface area contributed by atoms with Crippen molar-refractivity contribution in [1.82, 2.24) is 0 Å². The molecule has 130 valence electrons. The van der Waals surface area contributed by atoms with Crippen LogP contribution in [0.5, 0.6) is 5.75 Å². The number of carbonyl (C=O) groups is 2. The molecule has 0 aromatic heterocycles. The first kappa shape index (κ1) is 17.4. The van der Waals surface area contributed by atoms with Gasteiger partial charge in [0, 0.05) is 23.5 Å². The average Bonchev–Trinajstić information content (AvgIpc) is 2.61. The third-order valence-electron chi connectivity index (χ3n) is 3.97. The molecule has 3 rings (SSSR count). The van der Waals surface area contributed by atoms with E-state index in [1.54, 1.807) is 16.7 Å². The molecule has 1 aliphatic heterocycles. The summed E-state index contributed by atoms with van der Waals surface area (Å²) >= 11 is 1.62. The van der Waals surface area contributed by atoms with Gasteiger partial charge in [-0.25, -0.2) is 0 Å². The molecule has 0 saturated heterocycles. The zero-order valence-corrected chi connectivity index (χ0v) is 15.1. The van der Waals surface area contributed by atoms with Gasteiger partial charge in [0.2, 0.25) is 5.91 Å². The second kappa shape index (κ2) is 7.61. The van der Waals surface area contributed by atoms with E-state index in [0.717, 1.165) is 21.8 Å². The molecule has 6 heteroatoms. The van der Waals surface area contributed by atoms with Crippen LogP contribution >= 0.6 is 11.8 Å². The average molecular weight is 356 g/mol. The first-order chi connectivity index (χ1) is 12.1. The summed E-state index contributed by atoms with van der Waals surface area (Å²) in [6.07, 6.45) is 2.22. The predicted molar refractivity (Wildman–Crippen MR) is 100 cm³/mol. The van der Waals surface area contributed by atoms with Crippen LogP contribution in [0.15, 0.2) is 47.4 Å². The number of hydrogen-bond acceptors (Lipinski definition) is 4. The molecule has 1 aliphatic rings. The summed E-state index contributed by atoms with van der Waals surface area (Å²) < 4.78 is 5.45. The van der Waals surface area contributed by atoms with Gasteiger partial charge >= 0.3 is 0 Å². The summed E-state index contributed by atoms with van der Waals surface area (Å²) in [5.74, 6) is 0.431. The summed E-state index contributed by atoms with van der Waals surface area (Å²) in [7, 11) is 0. The number of benzene rings is 2. The summed E-state index contributed by atoms with van der Waals surface area (Å²) in [6.45, 7) is 2.29. The number of thioether (sulfide) groups is 1. The van der Waals surface area contributed by atoms with Crippen LogP contribution in [0.1, 0.15) is 12.0 Å². The topological polar surface area (TPSA) is 58.6 Å². The number of fused-ring (bicyclic) bond motifs is 1. The number of ether oxygens (including phenoxy) is 1. The van der Waals surface area contributed by atoms with E-state index in [9.17, 15) is 9.59 Å². The molecule has 0 unspecified atom stereocenters. The van der Waals surface area contributed by atoms with Crippen LogP contribution in [-0.4, -0.2) is 31.2 Å². The number of nitrogens with zero attached hydrogens (tertiary/aromatic N) is 1. The van der Waals surface area contributed by atoms with Crippen molar-refractivity contribution in [2.45, 2.75) is 18.2 Å². The highest BCUT2D eigenvalue weighted by Crippen LogP contribution is 2.32.